The third-order valence-electron chi connectivity index (χ3n) is 2.89. The average molecular weight is 289 g/mol. The summed E-state index contributed by atoms with van der Waals surface area (Å²) < 4.78 is 0. The highest BCUT2D eigenvalue weighted by atomic mass is 16.3. The van der Waals surface area contributed by atoms with Crippen LogP contribution in [0.2, 0.25) is 0 Å². The van der Waals surface area contributed by atoms with Crippen LogP contribution in [0.3, 0.4) is 0 Å². The first kappa shape index (κ1) is 16.7. The number of carbonyl (C=O) groups is 1. The van der Waals surface area contributed by atoms with Gasteiger partial charge in [-0.2, -0.15) is 5.26 Å². The fourth-order valence-corrected chi connectivity index (χ4v) is 1.75. The van der Waals surface area contributed by atoms with Gasteiger partial charge in [0.15, 0.2) is 0 Å². The van der Waals surface area contributed by atoms with Crippen molar-refractivity contribution < 1.29 is 15.0 Å². The van der Waals surface area contributed by atoms with Crippen molar-refractivity contribution in [2.75, 3.05) is 31.6 Å². The van der Waals surface area contributed by atoms with Crippen LogP contribution in [0.1, 0.15) is 5.56 Å². The number of benzene rings is 1. The monoisotopic (exact) mass is 289 g/mol. The Bertz CT molecular complexity index is 543. The standard InChI is InChI=1S/C15H19N3O3/c1-12-4-2-3-5-14(12)17-11-13(10-16)15(21)18(6-8-19)7-9-20/h2-5,11,17,19-20H,6-9H2,1H3/b13-11-. The summed E-state index contributed by atoms with van der Waals surface area (Å²) in [4.78, 5) is 13.4. The third-order valence-corrected chi connectivity index (χ3v) is 2.89. The van der Waals surface area contributed by atoms with Gasteiger partial charge in [-0.3, -0.25) is 4.79 Å². The van der Waals surface area contributed by atoms with Gasteiger partial charge >= 0.3 is 0 Å². The number of nitriles is 1. The molecule has 0 heterocycles. The molecule has 0 aliphatic rings. The van der Waals surface area contributed by atoms with E-state index in [1.165, 1.54) is 11.1 Å². The fraction of sp³-hybridized carbons (Fsp3) is 0.333. The van der Waals surface area contributed by atoms with Gasteiger partial charge in [-0.15, -0.1) is 0 Å². The maximum absolute atomic E-state index is 12.1. The van der Waals surface area contributed by atoms with Crippen LogP contribution in [0.15, 0.2) is 36.0 Å². The molecule has 0 atom stereocenters. The Balaban J connectivity index is 2.86. The summed E-state index contributed by atoms with van der Waals surface area (Å²) in [5.74, 6) is -0.526. The highest BCUT2D eigenvalue weighted by molar-refractivity contribution is 5.97. The molecule has 1 aromatic carbocycles. The third kappa shape index (κ3) is 4.91. The van der Waals surface area contributed by atoms with Crippen molar-refractivity contribution in [1.29, 1.82) is 5.26 Å². The number of hydrogen-bond donors (Lipinski definition) is 3. The van der Waals surface area contributed by atoms with Crippen molar-refractivity contribution in [3.63, 3.8) is 0 Å². The number of rotatable bonds is 7. The van der Waals surface area contributed by atoms with Gasteiger partial charge in [0.1, 0.15) is 11.6 Å². The molecule has 0 saturated carbocycles. The quantitative estimate of drug-likeness (QED) is 0.505. The van der Waals surface area contributed by atoms with Crippen LogP contribution in [0, 0.1) is 18.3 Å². The van der Waals surface area contributed by atoms with Gasteiger partial charge < -0.3 is 20.4 Å². The molecule has 1 rings (SSSR count). The minimum absolute atomic E-state index is 0.0722. The van der Waals surface area contributed by atoms with Crippen LogP contribution in [0.5, 0.6) is 0 Å². The minimum Gasteiger partial charge on any atom is -0.395 e. The lowest BCUT2D eigenvalue weighted by Gasteiger charge is -2.20. The van der Waals surface area contributed by atoms with E-state index in [9.17, 15) is 4.79 Å². The van der Waals surface area contributed by atoms with E-state index in [-0.39, 0.29) is 31.9 Å². The predicted octanol–water partition coefficient (Wildman–Crippen LogP) is 0.628. The van der Waals surface area contributed by atoms with E-state index in [1.807, 2.05) is 37.3 Å². The smallest absolute Gasteiger partial charge is 0.266 e. The Morgan fingerprint density at radius 3 is 2.48 bits per heavy atom. The molecule has 0 fully saturated rings. The maximum Gasteiger partial charge on any atom is 0.266 e. The predicted molar refractivity (Wildman–Crippen MR) is 79.2 cm³/mol. The fourth-order valence-electron chi connectivity index (χ4n) is 1.75. The summed E-state index contributed by atoms with van der Waals surface area (Å²) in [6, 6.07) is 9.32. The van der Waals surface area contributed by atoms with Crippen LogP contribution < -0.4 is 5.32 Å². The largest absolute Gasteiger partial charge is 0.395 e. The first-order valence-electron chi connectivity index (χ1n) is 6.57. The minimum atomic E-state index is -0.526. The number of aliphatic hydroxyl groups is 2. The summed E-state index contributed by atoms with van der Waals surface area (Å²) >= 11 is 0. The molecule has 6 heteroatoms. The van der Waals surface area contributed by atoms with Gasteiger partial charge in [-0.25, -0.2) is 0 Å². The molecule has 3 N–H and O–H groups in total. The SMILES string of the molecule is Cc1ccccc1N/C=C(/C#N)C(=O)N(CCO)CCO. The number of anilines is 1. The summed E-state index contributed by atoms with van der Waals surface area (Å²) in [5.41, 5.74) is 1.70. The maximum atomic E-state index is 12.1. The first-order chi connectivity index (χ1) is 10.1. The van der Waals surface area contributed by atoms with Gasteiger partial charge in [0.2, 0.25) is 0 Å². The van der Waals surface area contributed by atoms with Gasteiger partial charge in [0, 0.05) is 25.0 Å². The number of nitrogens with zero attached hydrogens (tertiary/aromatic N) is 2. The number of para-hydroxylation sites is 1. The number of nitrogens with one attached hydrogen (secondary N) is 1. The van der Waals surface area contributed by atoms with Gasteiger partial charge in [-0.05, 0) is 18.6 Å². The molecule has 21 heavy (non-hydrogen) atoms. The first-order valence-corrected chi connectivity index (χ1v) is 6.57. The van der Waals surface area contributed by atoms with E-state index in [2.05, 4.69) is 5.32 Å². The summed E-state index contributed by atoms with van der Waals surface area (Å²) in [7, 11) is 0. The van der Waals surface area contributed by atoms with Crippen molar-refractivity contribution >= 4 is 11.6 Å². The molecule has 1 amide bonds. The average Bonchev–Trinajstić information content (AvgIpc) is 2.49. The molecule has 0 bridgehead atoms. The second kappa shape index (κ2) is 8.74. The lowest BCUT2D eigenvalue weighted by molar-refractivity contribution is -0.127. The van der Waals surface area contributed by atoms with E-state index in [4.69, 9.17) is 15.5 Å². The zero-order valence-electron chi connectivity index (χ0n) is 11.9. The Kier molecular flexibility index (Phi) is 6.95. The van der Waals surface area contributed by atoms with E-state index in [1.54, 1.807) is 0 Å². The molecule has 0 radical (unpaired) electrons. The van der Waals surface area contributed by atoms with Crippen LogP contribution in [0.4, 0.5) is 5.69 Å². The zero-order valence-corrected chi connectivity index (χ0v) is 11.9. The van der Waals surface area contributed by atoms with Crippen LogP contribution in [0.25, 0.3) is 0 Å². The van der Waals surface area contributed by atoms with Crippen molar-refractivity contribution in [2.24, 2.45) is 0 Å². The summed E-state index contributed by atoms with van der Waals surface area (Å²) in [6.45, 7) is 1.60. The van der Waals surface area contributed by atoms with Crippen molar-refractivity contribution in [3.05, 3.63) is 41.6 Å². The van der Waals surface area contributed by atoms with E-state index in [0.717, 1.165) is 11.3 Å². The van der Waals surface area contributed by atoms with Crippen molar-refractivity contribution in [3.8, 4) is 6.07 Å². The van der Waals surface area contributed by atoms with Crippen LogP contribution >= 0.6 is 0 Å². The second-order valence-electron chi connectivity index (χ2n) is 4.37. The lowest BCUT2D eigenvalue weighted by atomic mass is 10.2. The molecular formula is C15H19N3O3. The van der Waals surface area contributed by atoms with Crippen molar-refractivity contribution in [2.45, 2.75) is 6.92 Å². The molecule has 0 saturated heterocycles. The molecular weight excluding hydrogens is 270 g/mol. The molecule has 112 valence electrons. The van der Waals surface area contributed by atoms with E-state index >= 15 is 0 Å². The normalized spacial score (nSPS) is 10.9. The molecule has 1 aromatic rings. The van der Waals surface area contributed by atoms with Crippen LogP contribution in [-0.2, 0) is 4.79 Å². The molecule has 0 aromatic heterocycles. The Hall–Kier alpha value is -2.36. The molecule has 0 aliphatic carbocycles. The molecule has 0 spiro atoms. The highest BCUT2D eigenvalue weighted by Crippen LogP contribution is 2.13. The Labute approximate surface area is 123 Å². The summed E-state index contributed by atoms with van der Waals surface area (Å²) in [5, 5.41) is 29.9. The lowest BCUT2D eigenvalue weighted by Crippen LogP contribution is -2.36. The number of amides is 1. The zero-order chi connectivity index (χ0) is 15.7. The van der Waals surface area contributed by atoms with E-state index < -0.39 is 5.91 Å². The van der Waals surface area contributed by atoms with Gasteiger partial charge in [-0.1, -0.05) is 18.2 Å². The van der Waals surface area contributed by atoms with Gasteiger partial charge in [0.05, 0.1) is 13.2 Å². The Morgan fingerprint density at radius 2 is 1.95 bits per heavy atom. The number of aliphatic hydroxyl groups excluding tert-OH is 2. The second-order valence-corrected chi connectivity index (χ2v) is 4.37. The highest BCUT2D eigenvalue weighted by Gasteiger charge is 2.17. The van der Waals surface area contributed by atoms with E-state index in [0.29, 0.717) is 0 Å². The van der Waals surface area contributed by atoms with Gasteiger partial charge in [0.25, 0.3) is 5.91 Å². The number of aryl methyl sites for hydroxylation is 1. The molecule has 0 aliphatic heterocycles. The summed E-state index contributed by atoms with van der Waals surface area (Å²) in [6.07, 6.45) is 1.34. The molecule has 6 nitrogen and oxygen atoms in total. The number of carbonyl (C=O) groups excluding carboxylic acids is 1. The number of hydrogen-bond acceptors (Lipinski definition) is 5. The molecule has 0 unspecified atom stereocenters. The van der Waals surface area contributed by atoms with Crippen molar-refractivity contribution in [1.82, 2.24) is 4.90 Å². The topological polar surface area (TPSA) is 96.6 Å². The van der Waals surface area contributed by atoms with Crippen LogP contribution in [-0.4, -0.2) is 47.3 Å². The Morgan fingerprint density at radius 1 is 1.33 bits per heavy atom.